The van der Waals surface area contributed by atoms with E-state index in [0.717, 1.165) is 42.4 Å². The van der Waals surface area contributed by atoms with E-state index >= 15 is 0 Å². The Labute approximate surface area is 148 Å². The first-order chi connectivity index (χ1) is 12.1. The van der Waals surface area contributed by atoms with Gasteiger partial charge in [0.1, 0.15) is 0 Å². The van der Waals surface area contributed by atoms with Gasteiger partial charge in [0.05, 0.1) is 18.2 Å². The van der Waals surface area contributed by atoms with Crippen molar-refractivity contribution in [3.05, 3.63) is 54.4 Å². The van der Waals surface area contributed by atoms with E-state index in [1.807, 2.05) is 43.3 Å². The Morgan fingerprint density at radius 3 is 2.40 bits per heavy atom. The Morgan fingerprint density at radius 2 is 1.72 bits per heavy atom. The van der Waals surface area contributed by atoms with Crippen LogP contribution in [0.25, 0.3) is 11.1 Å². The third-order valence-corrected chi connectivity index (χ3v) is 4.82. The number of amides is 2. The molecule has 0 unspecified atom stereocenters. The van der Waals surface area contributed by atoms with Crippen LogP contribution in [0.1, 0.15) is 44.2 Å². The summed E-state index contributed by atoms with van der Waals surface area (Å²) >= 11 is 0. The number of hydrogen-bond donors (Lipinski definition) is 3. The predicted molar refractivity (Wildman–Crippen MR) is 98.0 cm³/mol. The average molecular weight is 339 g/mol. The van der Waals surface area contributed by atoms with Crippen LogP contribution in [0, 0.1) is 0 Å². The van der Waals surface area contributed by atoms with Crippen LogP contribution in [0.15, 0.2) is 48.8 Å². The van der Waals surface area contributed by atoms with Gasteiger partial charge < -0.3 is 15.7 Å². The summed E-state index contributed by atoms with van der Waals surface area (Å²) in [5, 5.41) is 15.8. The van der Waals surface area contributed by atoms with Gasteiger partial charge in [-0.2, -0.15) is 0 Å². The van der Waals surface area contributed by atoms with Gasteiger partial charge in [-0.25, -0.2) is 4.79 Å². The van der Waals surface area contributed by atoms with Crippen molar-refractivity contribution in [1.29, 1.82) is 0 Å². The molecule has 1 heterocycles. The van der Waals surface area contributed by atoms with E-state index in [1.54, 1.807) is 12.4 Å². The fourth-order valence-electron chi connectivity index (χ4n) is 3.28. The van der Waals surface area contributed by atoms with Gasteiger partial charge >= 0.3 is 6.03 Å². The van der Waals surface area contributed by atoms with E-state index in [-0.39, 0.29) is 18.1 Å². The van der Waals surface area contributed by atoms with Gasteiger partial charge in [0.2, 0.25) is 0 Å². The van der Waals surface area contributed by atoms with Gasteiger partial charge in [-0.3, -0.25) is 4.98 Å². The number of aliphatic hydroxyl groups excluding tert-OH is 1. The van der Waals surface area contributed by atoms with E-state index < -0.39 is 6.10 Å². The SMILES string of the molecule is C[C@H](NC(=O)N[C@H]1CCCC[C@H]1O)c1ccc(-c2ccncc2)cc1. The van der Waals surface area contributed by atoms with E-state index in [4.69, 9.17) is 0 Å². The van der Waals surface area contributed by atoms with Crippen LogP contribution in [-0.4, -0.2) is 28.3 Å². The molecule has 1 saturated carbocycles. The molecule has 25 heavy (non-hydrogen) atoms. The Morgan fingerprint density at radius 1 is 1.08 bits per heavy atom. The minimum Gasteiger partial charge on any atom is -0.391 e. The molecule has 5 nitrogen and oxygen atoms in total. The maximum Gasteiger partial charge on any atom is 0.315 e. The lowest BCUT2D eigenvalue weighted by Gasteiger charge is -2.29. The number of carbonyl (C=O) groups is 1. The largest absolute Gasteiger partial charge is 0.391 e. The van der Waals surface area contributed by atoms with Crippen molar-refractivity contribution >= 4 is 6.03 Å². The normalized spacial score (nSPS) is 21.4. The van der Waals surface area contributed by atoms with Crippen LogP contribution in [0.2, 0.25) is 0 Å². The van der Waals surface area contributed by atoms with Crippen LogP contribution < -0.4 is 10.6 Å². The lowest BCUT2D eigenvalue weighted by molar-refractivity contribution is 0.0941. The number of aliphatic hydroxyl groups is 1. The number of nitrogens with one attached hydrogen (secondary N) is 2. The standard InChI is InChI=1S/C20H25N3O2/c1-14(22-20(25)23-18-4-2-3-5-19(18)24)15-6-8-16(9-7-15)17-10-12-21-13-11-17/h6-14,18-19,24H,2-5H2,1H3,(H2,22,23,25)/t14-,18-,19+/m0/s1. The molecule has 3 rings (SSSR count). The monoisotopic (exact) mass is 339 g/mol. The molecule has 5 heteroatoms. The van der Waals surface area contributed by atoms with Gasteiger partial charge in [0, 0.05) is 12.4 Å². The van der Waals surface area contributed by atoms with Crippen LogP contribution in [0.5, 0.6) is 0 Å². The van der Waals surface area contributed by atoms with Gasteiger partial charge in [0.15, 0.2) is 0 Å². The minimum absolute atomic E-state index is 0.104. The second-order valence-corrected chi connectivity index (χ2v) is 6.66. The Balaban J connectivity index is 1.57. The van der Waals surface area contributed by atoms with Gasteiger partial charge in [0.25, 0.3) is 0 Å². The zero-order valence-corrected chi connectivity index (χ0v) is 14.5. The molecular weight excluding hydrogens is 314 g/mol. The first-order valence-electron chi connectivity index (χ1n) is 8.89. The van der Waals surface area contributed by atoms with Crippen molar-refractivity contribution in [2.24, 2.45) is 0 Å². The highest BCUT2D eigenvalue weighted by atomic mass is 16.3. The topological polar surface area (TPSA) is 74.2 Å². The number of urea groups is 1. The third-order valence-electron chi connectivity index (χ3n) is 4.82. The maximum absolute atomic E-state index is 12.2. The number of nitrogens with zero attached hydrogens (tertiary/aromatic N) is 1. The number of benzene rings is 1. The quantitative estimate of drug-likeness (QED) is 0.799. The van der Waals surface area contributed by atoms with Crippen LogP contribution in [0.4, 0.5) is 4.79 Å². The minimum atomic E-state index is -0.436. The summed E-state index contributed by atoms with van der Waals surface area (Å²) in [7, 11) is 0. The molecule has 1 aliphatic rings. The highest BCUT2D eigenvalue weighted by Crippen LogP contribution is 2.22. The molecule has 0 radical (unpaired) electrons. The van der Waals surface area contributed by atoms with Gasteiger partial charge in [-0.15, -0.1) is 0 Å². The molecule has 1 fully saturated rings. The van der Waals surface area contributed by atoms with Gasteiger partial charge in [-0.1, -0.05) is 37.1 Å². The van der Waals surface area contributed by atoms with E-state index in [2.05, 4.69) is 15.6 Å². The number of aromatic nitrogens is 1. The van der Waals surface area contributed by atoms with E-state index in [0.29, 0.717) is 0 Å². The Bertz CT molecular complexity index is 688. The van der Waals surface area contributed by atoms with Crippen LogP contribution in [-0.2, 0) is 0 Å². The van der Waals surface area contributed by atoms with Gasteiger partial charge in [-0.05, 0) is 48.6 Å². The Hall–Kier alpha value is -2.40. The molecular formula is C20H25N3O2. The van der Waals surface area contributed by atoms with Crippen molar-refractivity contribution in [3.8, 4) is 11.1 Å². The molecule has 0 bridgehead atoms. The van der Waals surface area contributed by atoms with Crippen molar-refractivity contribution in [2.75, 3.05) is 0 Å². The van der Waals surface area contributed by atoms with E-state index in [9.17, 15) is 9.90 Å². The maximum atomic E-state index is 12.2. The molecule has 132 valence electrons. The summed E-state index contributed by atoms with van der Waals surface area (Å²) in [5.74, 6) is 0. The molecule has 3 N–H and O–H groups in total. The molecule has 2 amide bonds. The number of hydrogen-bond acceptors (Lipinski definition) is 3. The lowest BCUT2D eigenvalue weighted by Crippen LogP contribution is -2.49. The Kier molecular flexibility index (Phi) is 5.66. The van der Waals surface area contributed by atoms with Crippen molar-refractivity contribution in [2.45, 2.75) is 50.8 Å². The summed E-state index contributed by atoms with van der Waals surface area (Å²) in [6.07, 6.45) is 6.79. The zero-order valence-electron chi connectivity index (χ0n) is 14.5. The molecule has 2 aromatic rings. The fourth-order valence-corrected chi connectivity index (χ4v) is 3.28. The molecule has 3 atom stereocenters. The molecule has 1 aromatic carbocycles. The summed E-state index contributed by atoms with van der Waals surface area (Å²) in [4.78, 5) is 16.2. The first kappa shape index (κ1) is 17.4. The lowest BCUT2D eigenvalue weighted by atomic mass is 9.93. The van der Waals surface area contributed by atoms with Crippen LogP contribution >= 0.6 is 0 Å². The third kappa shape index (κ3) is 4.57. The second kappa shape index (κ2) is 8.12. The summed E-state index contributed by atoms with van der Waals surface area (Å²) in [5.41, 5.74) is 3.27. The molecule has 0 spiro atoms. The summed E-state index contributed by atoms with van der Waals surface area (Å²) in [6.45, 7) is 1.96. The molecule has 0 aliphatic heterocycles. The fraction of sp³-hybridized carbons (Fsp3) is 0.400. The molecule has 1 aromatic heterocycles. The highest BCUT2D eigenvalue weighted by molar-refractivity contribution is 5.75. The number of rotatable bonds is 4. The summed E-state index contributed by atoms with van der Waals surface area (Å²) < 4.78 is 0. The van der Waals surface area contributed by atoms with Crippen molar-refractivity contribution < 1.29 is 9.90 Å². The first-order valence-corrected chi connectivity index (χ1v) is 8.89. The van der Waals surface area contributed by atoms with Crippen molar-refractivity contribution in [1.82, 2.24) is 15.6 Å². The van der Waals surface area contributed by atoms with Crippen molar-refractivity contribution in [3.63, 3.8) is 0 Å². The number of pyridine rings is 1. The second-order valence-electron chi connectivity index (χ2n) is 6.66. The van der Waals surface area contributed by atoms with E-state index in [1.165, 1.54) is 0 Å². The van der Waals surface area contributed by atoms with Crippen LogP contribution in [0.3, 0.4) is 0 Å². The summed E-state index contributed by atoms with van der Waals surface area (Å²) in [6, 6.07) is 11.6. The predicted octanol–water partition coefficient (Wildman–Crippen LogP) is 3.41. The average Bonchev–Trinajstić information content (AvgIpc) is 2.64. The highest BCUT2D eigenvalue weighted by Gasteiger charge is 2.24. The smallest absolute Gasteiger partial charge is 0.315 e. The number of carbonyl (C=O) groups excluding carboxylic acids is 1. The zero-order chi connectivity index (χ0) is 17.6. The molecule has 0 saturated heterocycles. The molecule has 1 aliphatic carbocycles.